The molecule has 0 unspecified atom stereocenters. The van der Waals surface area contributed by atoms with E-state index in [-0.39, 0.29) is 12.1 Å². The third-order valence-electron chi connectivity index (χ3n) is 1.23. The highest BCUT2D eigenvalue weighted by Gasteiger charge is 2.10. The van der Waals surface area contributed by atoms with Gasteiger partial charge in [-0.15, -0.1) is 0 Å². The predicted molar refractivity (Wildman–Crippen MR) is 35.3 cm³/mol. The summed E-state index contributed by atoms with van der Waals surface area (Å²) in [7, 11) is 0. The van der Waals surface area contributed by atoms with E-state index in [1.807, 2.05) is 0 Å². The summed E-state index contributed by atoms with van der Waals surface area (Å²) in [6.45, 7) is 2.04. The first-order valence-corrected chi connectivity index (χ1v) is 3.24. The van der Waals surface area contributed by atoms with Gasteiger partial charge in [0.25, 0.3) is 0 Å². The van der Waals surface area contributed by atoms with E-state index >= 15 is 0 Å². The van der Waals surface area contributed by atoms with E-state index in [0.717, 1.165) is 6.42 Å². The van der Waals surface area contributed by atoms with Crippen LogP contribution in [0.5, 0.6) is 0 Å². The minimum absolute atomic E-state index is 0.0775. The number of ether oxygens (including phenoxy) is 2. The maximum atomic E-state index is 10.4. The highest BCUT2D eigenvalue weighted by atomic mass is 16.5. The summed E-state index contributed by atoms with van der Waals surface area (Å²) >= 11 is 0. The summed E-state index contributed by atoms with van der Waals surface area (Å²) in [4.78, 5) is 10.4. The Kier molecular flexibility index (Phi) is 2.31. The van der Waals surface area contributed by atoms with Gasteiger partial charge in [-0.25, -0.2) is 0 Å². The largest absolute Gasteiger partial charge is 0.501 e. The van der Waals surface area contributed by atoms with Crippen molar-refractivity contribution in [3.8, 4) is 0 Å². The first-order chi connectivity index (χ1) is 4.79. The van der Waals surface area contributed by atoms with Crippen LogP contribution >= 0.6 is 0 Å². The van der Waals surface area contributed by atoms with Gasteiger partial charge in [-0.2, -0.15) is 0 Å². The fourth-order valence-electron chi connectivity index (χ4n) is 0.803. The highest BCUT2D eigenvalue weighted by molar-refractivity contribution is 5.66. The third-order valence-corrected chi connectivity index (χ3v) is 1.23. The van der Waals surface area contributed by atoms with Crippen LogP contribution in [0.2, 0.25) is 0 Å². The molecule has 0 aromatic rings. The van der Waals surface area contributed by atoms with Crippen LogP contribution < -0.4 is 0 Å². The Bertz CT molecular complexity index is 151. The molecule has 0 spiro atoms. The van der Waals surface area contributed by atoms with E-state index in [1.54, 1.807) is 12.3 Å². The fourth-order valence-corrected chi connectivity index (χ4v) is 0.803. The standard InChI is InChI=1S/C7H10O3/c1-6(8)10-7-2-4-9-5-3-7/h2,4,7H,3,5H2,1H3/t7-/m1/s1. The van der Waals surface area contributed by atoms with E-state index in [1.165, 1.54) is 6.92 Å². The van der Waals surface area contributed by atoms with Crippen LogP contribution in [-0.4, -0.2) is 18.7 Å². The Labute approximate surface area is 59.6 Å². The van der Waals surface area contributed by atoms with Crippen molar-refractivity contribution < 1.29 is 14.3 Å². The molecule has 1 aliphatic rings. The van der Waals surface area contributed by atoms with E-state index in [4.69, 9.17) is 9.47 Å². The van der Waals surface area contributed by atoms with Gasteiger partial charge in [0, 0.05) is 13.3 Å². The molecule has 10 heavy (non-hydrogen) atoms. The molecule has 0 bridgehead atoms. The van der Waals surface area contributed by atoms with Crippen LogP contribution in [0.25, 0.3) is 0 Å². The van der Waals surface area contributed by atoms with Gasteiger partial charge in [-0.1, -0.05) is 0 Å². The molecule has 1 heterocycles. The SMILES string of the molecule is CC(=O)O[C@@H]1C=COCC1. The van der Waals surface area contributed by atoms with Crippen LogP contribution in [0.4, 0.5) is 0 Å². The van der Waals surface area contributed by atoms with Crippen LogP contribution in [-0.2, 0) is 14.3 Å². The number of rotatable bonds is 1. The molecule has 1 rings (SSSR count). The quantitative estimate of drug-likeness (QED) is 0.509. The number of hydrogen-bond acceptors (Lipinski definition) is 3. The first kappa shape index (κ1) is 7.12. The molecule has 3 heteroatoms. The molecule has 0 aliphatic carbocycles. The summed E-state index contributed by atoms with van der Waals surface area (Å²) in [6.07, 6.45) is 3.99. The van der Waals surface area contributed by atoms with E-state index in [2.05, 4.69) is 0 Å². The van der Waals surface area contributed by atoms with Crippen molar-refractivity contribution in [1.82, 2.24) is 0 Å². The van der Waals surface area contributed by atoms with Crippen molar-refractivity contribution in [3.63, 3.8) is 0 Å². The zero-order chi connectivity index (χ0) is 7.40. The molecule has 1 aliphatic heterocycles. The first-order valence-electron chi connectivity index (χ1n) is 3.24. The van der Waals surface area contributed by atoms with Crippen LogP contribution in [0.15, 0.2) is 12.3 Å². The summed E-state index contributed by atoms with van der Waals surface area (Å²) in [6, 6.07) is 0. The molecule has 1 atom stereocenters. The van der Waals surface area contributed by atoms with Crippen molar-refractivity contribution in [2.45, 2.75) is 19.4 Å². The number of carbonyl (C=O) groups is 1. The third kappa shape index (κ3) is 2.09. The topological polar surface area (TPSA) is 35.5 Å². The van der Waals surface area contributed by atoms with Gasteiger partial charge in [0.2, 0.25) is 0 Å². The van der Waals surface area contributed by atoms with Gasteiger partial charge < -0.3 is 9.47 Å². The lowest BCUT2D eigenvalue weighted by Gasteiger charge is -2.16. The second kappa shape index (κ2) is 3.25. The molecule has 0 aromatic carbocycles. The molecular weight excluding hydrogens is 132 g/mol. The van der Waals surface area contributed by atoms with Crippen molar-refractivity contribution >= 4 is 5.97 Å². The molecule has 0 N–H and O–H groups in total. The minimum Gasteiger partial charge on any atom is -0.501 e. The number of hydrogen-bond donors (Lipinski definition) is 0. The number of esters is 1. The van der Waals surface area contributed by atoms with Crippen LogP contribution in [0.1, 0.15) is 13.3 Å². The van der Waals surface area contributed by atoms with E-state index in [0.29, 0.717) is 6.61 Å². The molecule has 0 amide bonds. The van der Waals surface area contributed by atoms with Crippen molar-refractivity contribution in [1.29, 1.82) is 0 Å². The van der Waals surface area contributed by atoms with Crippen molar-refractivity contribution in [2.75, 3.05) is 6.61 Å². The summed E-state index contributed by atoms with van der Waals surface area (Å²) in [5, 5.41) is 0. The highest BCUT2D eigenvalue weighted by Crippen LogP contribution is 2.06. The zero-order valence-corrected chi connectivity index (χ0v) is 5.87. The van der Waals surface area contributed by atoms with Crippen LogP contribution in [0.3, 0.4) is 0 Å². The summed E-state index contributed by atoms with van der Waals surface area (Å²) in [5.41, 5.74) is 0. The molecule has 0 aromatic heterocycles. The fraction of sp³-hybridized carbons (Fsp3) is 0.571. The normalized spacial score (nSPS) is 23.5. The minimum atomic E-state index is -0.239. The Balaban J connectivity index is 2.33. The number of carbonyl (C=O) groups excluding carboxylic acids is 1. The molecule has 0 fully saturated rings. The van der Waals surface area contributed by atoms with Gasteiger partial charge >= 0.3 is 5.97 Å². The smallest absolute Gasteiger partial charge is 0.303 e. The molecule has 3 nitrogen and oxygen atoms in total. The maximum absolute atomic E-state index is 10.4. The van der Waals surface area contributed by atoms with E-state index in [9.17, 15) is 4.79 Å². The van der Waals surface area contributed by atoms with Gasteiger partial charge in [-0.05, 0) is 6.08 Å². The van der Waals surface area contributed by atoms with Gasteiger partial charge in [0.15, 0.2) is 0 Å². The zero-order valence-electron chi connectivity index (χ0n) is 5.87. The van der Waals surface area contributed by atoms with Crippen LogP contribution in [0, 0.1) is 0 Å². The molecular formula is C7H10O3. The van der Waals surface area contributed by atoms with E-state index < -0.39 is 0 Å². The average molecular weight is 142 g/mol. The average Bonchev–Trinajstić information content (AvgIpc) is 1.88. The lowest BCUT2D eigenvalue weighted by molar-refractivity contribution is -0.145. The Morgan fingerprint density at radius 3 is 3.10 bits per heavy atom. The molecule has 0 radical (unpaired) electrons. The Hall–Kier alpha value is -0.990. The van der Waals surface area contributed by atoms with Crippen molar-refractivity contribution in [3.05, 3.63) is 12.3 Å². The Morgan fingerprint density at radius 1 is 1.80 bits per heavy atom. The monoisotopic (exact) mass is 142 g/mol. The van der Waals surface area contributed by atoms with Gasteiger partial charge in [0.1, 0.15) is 6.10 Å². The van der Waals surface area contributed by atoms with Gasteiger partial charge in [0.05, 0.1) is 12.9 Å². The second-order valence-corrected chi connectivity index (χ2v) is 2.14. The second-order valence-electron chi connectivity index (χ2n) is 2.14. The lowest BCUT2D eigenvalue weighted by Crippen LogP contribution is -2.18. The molecule has 0 saturated heterocycles. The predicted octanol–water partition coefficient (Wildman–Crippen LogP) is 0.852. The van der Waals surface area contributed by atoms with Gasteiger partial charge in [-0.3, -0.25) is 4.79 Å². The van der Waals surface area contributed by atoms with Crippen molar-refractivity contribution in [2.24, 2.45) is 0 Å². The maximum Gasteiger partial charge on any atom is 0.303 e. The molecule has 56 valence electrons. The summed E-state index contributed by atoms with van der Waals surface area (Å²) < 4.78 is 9.79. The summed E-state index contributed by atoms with van der Waals surface area (Å²) in [5.74, 6) is -0.239. The molecule has 0 saturated carbocycles. The Morgan fingerprint density at radius 2 is 2.60 bits per heavy atom. The lowest BCUT2D eigenvalue weighted by atomic mass is 10.2.